The number of nitrogens with two attached hydrogens (primary N) is 1. The van der Waals surface area contributed by atoms with Crippen LogP contribution in [0.25, 0.3) is 0 Å². The Morgan fingerprint density at radius 3 is 2.29 bits per heavy atom. The Labute approximate surface area is 99.5 Å². The number of alkyl halides is 2. The van der Waals surface area contributed by atoms with Crippen LogP contribution in [0.1, 0.15) is 30.4 Å². The Kier molecular flexibility index (Phi) is 4.69. The molecule has 5 heteroatoms. The van der Waals surface area contributed by atoms with Gasteiger partial charge in [-0.3, -0.25) is 0 Å². The van der Waals surface area contributed by atoms with Gasteiger partial charge in [0.15, 0.2) is 11.5 Å². The minimum Gasteiger partial charge on any atom is -0.493 e. The van der Waals surface area contributed by atoms with Crippen molar-refractivity contribution in [3.05, 3.63) is 23.3 Å². The summed E-state index contributed by atoms with van der Waals surface area (Å²) in [4.78, 5) is 0. The van der Waals surface area contributed by atoms with Crippen molar-refractivity contribution in [1.29, 1.82) is 0 Å². The van der Waals surface area contributed by atoms with Gasteiger partial charge in [0.25, 0.3) is 6.43 Å². The highest BCUT2D eigenvalue weighted by atomic mass is 19.3. The summed E-state index contributed by atoms with van der Waals surface area (Å²) in [6, 6.07) is 2.71. The van der Waals surface area contributed by atoms with E-state index in [0.717, 1.165) is 0 Å². The standard InChI is InChI=1S/C12H17F2NO2/c1-7(6-15)9-4-8(12(13)14)5-10(16-2)11(9)17-3/h4-5,7,12H,6,15H2,1-3H3. The highest BCUT2D eigenvalue weighted by Crippen LogP contribution is 2.38. The summed E-state index contributed by atoms with van der Waals surface area (Å²) in [5.74, 6) is 0.702. The highest BCUT2D eigenvalue weighted by Gasteiger charge is 2.19. The molecule has 3 nitrogen and oxygen atoms in total. The van der Waals surface area contributed by atoms with Gasteiger partial charge in [-0.05, 0) is 24.6 Å². The molecule has 0 spiro atoms. The van der Waals surface area contributed by atoms with Crippen LogP contribution in [-0.4, -0.2) is 20.8 Å². The molecule has 2 N–H and O–H groups in total. The number of halogens is 2. The van der Waals surface area contributed by atoms with Gasteiger partial charge in [0.2, 0.25) is 0 Å². The maximum Gasteiger partial charge on any atom is 0.263 e. The maximum atomic E-state index is 12.7. The molecule has 96 valence electrons. The molecule has 0 aromatic heterocycles. The van der Waals surface area contributed by atoms with Crippen LogP contribution >= 0.6 is 0 Å². The van der Waals surface area contributed by atoms with Crippen LogP contribution in [0, 0.1) is 0 Å². The molecule has 1 aromatic rings. The molecule has 1 unspecified atom stereocenters. The fourth-order valence-corrected chi connectivity index (χ4v) is 1.64. The minimum absolute atomic E-state index is 0.0717. The molecule has 0 aliphatic carbocycles. The zero-order chi connectivity index (χ0) is 13.0. The highest BCUT2D eigenvalue weighted by molar-refractivity contribution is 5.51. The first kappa shape index (κ1) is 13.7. The van der Waals surface area contributed by atoms with Gasteiger partial charge >= 0.3 is 0 Å². The minimum atomic E-state index is -2.54. The summed E-state index contributed by atoms with van der Waals surface area (Å²) in [5.41, 5.74) is 6.12. The second-order valence-electron chi connectivity index (χ2n) is 3.78. The van der Waals surface area contributed by atoms with Crippen LogP contribution in [-0.2, 0) is 0 Å². The van der Waals surface area contributed by atoms with Gasteiger partial charge in [0, 0.05) is 11.1 Å². The molecule has 0 aliphatic heterocycles. The Bertz CT molecular complexity index is 383. The molecule has 1 rings (SSSR count). The molecule has 0 saturated heterocycles. The first-order valence-electron chi connectivity index (χ1n) is 5.29. The van der Waals surface area contributed by atoms with E-state index in [-0.39, 0.29) is 11.5 Å². The van der Waals surface area contributed by atoms with E-state index in [9.17, 15) is 8.78 Å². The van der Waals surface area contributed by atoms with Crippen molar-refractivity contribution in [3.8, 4) is 11.5 Å². The second kappa shape index (κ2) is 5.82. The third kappa shape index (κ3) is 2.85. The van der Waals surface area contributed by atoms with Crippen LogP contribution in [0.4, 0.5) is 8.78 Å². The predicted molar refractivity (Wildman–Crippen MR) is 62.0 cm³/mol. The van der Waals surface area contributed by atoms with E-state index in [1.165, 1.54) is 26.4 Å². The Morgan fingerprint density at radius 2 is 1.88 bits per heavy atom. The molecule has 1 atom stereocenters. The molecule has 0 amide bonds. The Balaban J connectivity index is 3.37. The van der Waals surface area contributed by atoms with E-state index in [0.29, 0.717) is 23.6 Å². The lowest BCUT2D eigenvalue weighted by molar-refractivity contribution is 0.150. The van der Waals surface area contributed by atoms with Crippen LogP contribution < -0.4 is 15.2 Å². The molecule has 0 heterocycles. The lowest BCUT2D eigenvalue weighted by Gasteiger charge is -2.18. The van der Waals surface area contributed by atoms with E-state index in [4.69, 9.17) is 15.2 Å². The third-order valence-electron chi connectivity index (χ3n) is 2.67. The van der Waals surface area contributed by atoms with Gasteiger partial charge in [0.1, 0.15) is 0 Å². The number of benzene rings is 1. The lowest BCUT2D eigenvalue weighted by Crippen LogP contribution is -2.11. The summed E-state index contributed by atoms with van der Waals surface area (Å²) in [7, 11) is 2.90. The van der Waals surface area contributed by atoms with Gasteiger partial charge in [-0.2, -0.15) is 0 Å². The average molecular weight is 245 g/mol. The third-order valence-corrected chi connectivity index (χ3v) is 2.67. The van der Waals surface area contributed by atoms with Crippen LogP contribution in [0.5, 0.6) is 11.5 Å². The number of rotatable bonds is 5. The molecule has 0 radical (unpaired) electrons. The van der Waals surface area contributed by atoms with Crippen molar-refractivity contribution in [2.75, 3.05) is 20.8 Å². The molecular formula is C12H17F2NO2. The van der Waals surface area contributed by atoms with Crippen LogP contribution in [0.3, 0.4) is 0 Å². The largest absolute Gasteiger partial charge is 0.493 e. The Hall–Kier alpha value is -1.36. The quantitative estimate of drug-likeness (QED) is 0.867. The number of hydrogen-bond donors (Lipinski definition) is 1. The van der Waals surface area contributed by atoms with Gasteiger partial charge in [-0.15, -0.1) is 0 Å². The van der Waals surface area contributed by atoms with Gasteiger partial charge < -0.3 is 15.2 Å². The van der Waals surface area contributed by atoms with Crippen molar-refractivity contribution < 1.29 is 18.3 Å². The molecule has 0 fully saturated rings. The molecule has 0 aliphatic rings. The molecular weight excluding hydrogens is 228 g/mol. The summed E-state index contributed by atoms with van der Waals surface area (Å²) < 4.78 is 35.7. The van der Waals surface area contributed by atoms with Gasteiger partial charge in [0.05, 0.1) is 14.2 Å². The van der Waals surface area contributed by atoms with Crippen molar-refractivity contribution in [2.45, 2.75) is 19.3 Å². The van der Waals surface area contributed by atoms with Crippen molar-refractivity contribution >= 4 is 0 Å². The van der Waals surface area contributed by atoms with E-state index < -0.39 is 6.43 Å². The number of methoxy groups -OCH3 is 2. The molecule has 17 heavy (non-hydrogen) atoms. The second-order valence-corrected chi connectivity index (χ2v) is 3.78. The van der Waals surface area contributed by atoms with Gasteiger partial charge in [-0.25, -0.2) is 8.78 Å². The zero-order valence-electron chi connectivity index (χ0n) is 10.2. The molecule has 0 saturated carbocycles. The zero-order valence-corrected chi connectivity index (χ0v) is 10.2. The first-order valence-corrected chi connectivity index (χ1v) is 5.29. The molecule has 1 aromatic carbocycles. The topological polar surface area (TPSA) is 44.5 Å². The first-order chi connectivity index (χ1) is 8.04. The smallest absolute Gasteiger partial charge is 0.263 e. The molecule has 0 bridgehead atoms. The monoisotopic (exact) mass is 245 g/mol. The maximum absolute atomic E-state index is 12.7. The summed E-state index contributed by atoms with van der Waals surface area (Å²) in [5, 5.41) is 0. The van der Waals surface area contributed by atoms with Crippen LogP contribution in [0.15, 0.2) is 12.1 Å². The summed E-state index contributed by atoms with van der Waals surface area (Å²) in [6.07, 6.45) is -2.54. The van der Waals surface area contributed by atoms with E-state index in [1.54, 1.807) is 0 Å². The normalized spacial score (nSPS) is 12.6. The Morgan fingerprint density at radius 1 is 1.24 bits per heavy atom. The van der Waals surface area contributed by atoms with Gasteiger partial charge in [-0.1, -0.05) is 6.92 Å². The average Bonchev–Trinajstić information content (AvgIpc) is 2.35. The van der Waals surface area contributed by atoms with Crippen LogP contribution in [0.2, 0.25) is 0 Å². The predicted octanol–water partition coefficient (Wildman–Crippen LogP) is 2.70. The lowest BCUT2D eigenvalue weighted by atomic mass is 9.97. The van der Waals surface area contributed by atoms with Crippen molar-refractivity contribution in [3.63, 3.8) is 0 Å². The van der Waals surface area contributed by atoms with E-state index in [1.807, 2.05) is 6.92 Å². The van der Waals surface area contributed by atoms with Crippen molar-refractivity contribution in [1.82, 2.24) is 0 Å². The number of ether oxygens (including phenoxy) is 2. The fourth-order valence-electron chi connectivity index (χ4n) is 1.64. The number of hydrogen-bond acceptors (Lipinski definition) is 3. The van der Waals surface area contributed by atoms with Crippen molar-refractivity contribution in [2.24, 2.45) is 5.73 Å². The summed E-state index contributed by atoms with van der Waals surface area (Å²) >= 11 is 0. The van der Waals surface area contributed by atoms with E-state index in [2.05, 4.69) is 0 Å². The SMILES string of the molecule is COc1cc(C(F)F)cc(C(C)CN)c1OC. The summed E-state index contributed by atoms with van der Waals surface area (Å²) in [6.45, 7) is 2.21. The fraction of sp³-hybridized carbons (Fsp3) is 0.500. The van der Waals surface area contributed by atoms with E-state index >= 15 is 0 Å².